The number of nitro benzene ring substituents is 1. The van der Waals surface area contributed by atoms with Gasteiger partial charge in [0.15, 0.2) is 5.82 Å². The molecule has 0 spiro atoms. The fourth-order valence-corrected chi connectivity index (χ4v) is 1.50. The van der Waals surface area contributed by atoms with Crippen LogP contribution < -0.4 is 0 Å². The number of hydrogen-bond donors (Lipinski definition) is 1. The van der Waals surface area contributed by atoms with Gasteiger partial charge in [-0.15, -0.1) is 0 Å². The molecule has 1 heterocycles. The molecule has 20 heavy (non-hydrogen) atoms. The molecule has 1 aromatic heterocycles. The number of hydrogen-bond acceptors (Lipinski definition) is 5. The second kappa shape index (κ2) is 5.70. The molecular formula is C13H9N3O4. The fourth-order valence-electron chi connectivity index (χ4n) is 1.50. The van der Waals surface area contributed by atoms with Crippen LogP contribution in [0.3, 0.4) is 0 Å². The van der Waals surface area contributed by atoms with Crippen molar-refractivity contribution in [1.82, 2.24) is 9.97 Å². The van der Waals surface area contributed by atoms with Crippen LogP contribution in [-0.2, 0) is 4.79 Å². The summed E-state index contributed by atoms with van der Waals surface area (Å²) in [4.78, 5) is 28.7. The lowest BCUT2D eigenvalue weighted by atomic mass is 10.2. The summed E-state index contributed by atoms with van der Waals surface area (Å²) >= 11 is 0. The highest BCUT2D eigenvalue weighted by atomic mass is 16.6. The number of aromatic nitrogens is 2. The van der Waals surface area contributed by atoms with Crippen molar-refractivity contribution in [1.29, 1.82) is 0 Å². The predicted molar refractivity (Wildman–Crippen MR) is 70.8 cm³/mol. The lowest BCUT2D eigenvalue weighted by Gasteiger charge is -2.00. The summed E-state index contributed by atoms with van der Waals surface area (Å²) in [5, 5.41) is 19.2. The van der Waals surface area contributed by atoms with E-state index in [1.165, 1.54) is 30.6 Å². The highest BCUT2D eigenvalue weighted by Crippen LogP contribution is 2.20. The van der Waals surface area contributed by atoms with Gasteiger partial charge in [0.25, 0.3) is 5.69 Å². The van der Waals surface area contributed by atoms with Crippen molar-refractivity contribution in [3.63, 3.8) is 0 Å². The van der Waals surface area contributed by atoms with Gasteiger partial charge in [-0.3, -0.25) is 10.1 Å². The third kappa shape index (κ3) is 3.22. The monoisotopic (exact) mass is 271 g/mol. The van der Waals surface area contributed by atoms with Crippen LogP contribution in [0.2, 0.25) is 0 Å². The minimum absolute atomic E-state index is 0.0408. The first-order chi connectivity index (χ1) is 9.56. The van der Waals surface area contributed by atoms with Gasteiger partial charge in [0.05, 0.1) is 4.92 Å². The summed E-state index contributed by atoms with van der Waals surface area (Å²) in [5.41, 5.74) is 1.01. The molecule has 7 nitrogen and oxygen atoms in total. The number of non-ortho nitro benzene ring substituents is 1. The Morgan fingerprint density at radius 1 is 1.30 bits per heavy atom. The smallest absolute Gasteiger partial charge is 0.328 e. The molecule has 0 saturated heterocycles. The van der Waals surface area contributed by atoms with Gasteiger partial charge in [-0.25, -0.2) is 14.8 Å². The van der Waals surface area contributed by atoms with Gasteiger partial charge in [0.2, 0.25) is 0 Å². The quantitative estimate of drug-likeness (QED) is 0.518. The Kier molecular flexibility index (Phi) is 3.80. The van der Waals surface area contributed by atoms with Crippen LogP contribution in [0, 0.1) is 10.1 Å². The number of nitrogens with zero attached hydrogens (tertiary/aromatic N) is 3. The van der Waals surface area contributed by atoms with Crippen molar-refractivity contribution in [2.45, 2.75) is 0 Å². The number of carboxylic acid groups (broad SMARTS) is 1. The predicted octanol–water partition coefficient (Wildman–Crippen LogP) is 2.15. The molecule has 1 aromatic carbocycles. The standard InChI is InChI=1S/C13H9N3O4/c17-12(18)5-4-9-7-14-13(15-8-9)10-2-1-3-11(6-10)16(19)20/h1-8H,(H,17,18)/b5-4+. The maximum absolute atomic E-state index is 10.7. The zero-order valence-corrected chi connectivity index (χ0v) is 10.1. The number of rotatable bonds is 4. The number of aliphatic carboxylic acids is 1. The Labute approximate surface area is 113 Å². The van der Waals surface area contributed by atoms with Crippen LogP contribution in [-0.4, -0.2) is 26.0 Å². The van der Waals surface area contributed by atoms with Crippen LogP contribution in [0.25, 0.3) is 17.5 Å². The van der Waals surface area contributed by atoms with E-state index in [0.717, 1.165) is 6.08 Å². The molecule has 100 valence electrons. The van der Waals surface area contributed by atoms with Gasteiger partial charge in [-0.05, 0) is 6.08 Å². The van der Waals surface area contributed by atoms with Crippen molar-refractivity contribution < 1.29 is 14.8 Å². The SMILES string of the molecule is O=C(O)/C=C/c1cnc(-c2cccc([N+](=O)[O-])c2)nc1. The third-order valence-electron chi connectivity index (χ3n) is 2.41. The Morgan fingerprint density at radius 2 is 2.00 bits per heavy atom. The van der Waals surface area contributed by atoms with E-state index < -0.39 is 10.9 Å². The molecule has 0 aliphatic carbocycles. The summed E-state index contributed by atoms with van der Waals surface area (Å²) in [7, 11) is 0. The molecule has 0 aliphatic heterocycles. The maximum atomic E-state index is 10.7. The van der Waals surface area contributed by atoms with Crippen LogP contribution in [0.4, 0.5) is 5.69 Å². The summed E-state index contributed by atoms with van der Waals surface area (Å²) in [6.45, 7) is 0. The van der Waals surface area contributed by atoms with Crippen LogP contribution in [0.1, 0.15) is 5.56 Å². The zero-order chi connectivity index (χ0) is 14.5. The van der Waals surface area contributed by atoms with Gasteiger partial charge in [0, 0.05) is 41.7 Å². The second-order valence-corrected chi connectivity index (χ2v) is 3.82. The molecule has 0 unspecified atom stereocenters. The zero-order valence-electron chi connectivity index (χ0n) is 10.1. The minimum atomic E-state index is -1.06. The largest absolute Gasteiger partial charge is 0.478 e. The molecular weight excluding hydrogens is 262 g/mol. The van der Waals surface area contributed by atoms with Gasteiger partial charge >= 0.3 is 5.97 Å². The maximum Gasteiger partial charge on any atom is 0.328 e. The summed E-state index contributed by atoms with van der Waals surface area (Å²) < 4.78 is 0. The molecule has 0 atom stereocenters. The van der Waals surface area contributed by atoms with E-state index in [0.29, 0.717) is 17.0 Å². The first kappa shape index (κ1) is 13.3. The molecule has 0 aliphatic rings. The van der Waals surface area contributed by atoms with Crippen molar-refractivity contribution in [3.05, 3.63) is 58.4 Å². The first-order valence-corrected chi connectivity index (χ1v) is 5.54. The van der Waals surface area contributed by atoms with Crippen LogP contribution in [0.15, 0.2) is 42.7 Å². The van der Waals surface area contributed by atoms with Crippen LogP contribution in [0.5, 0.6) is 0 Å². The van der Waals surface area contributed by atoms with E-state index in [9.17, 15) is 14.9 Å². The third-order valence-corrected chi connectivity index (χ3v) is 2.41. The summed E-state index contributed by atoms with van der Waals surface area (Å²) in [6, 6.07) is 5.97. The lowest BCUT2D eigenvalue weighted by Crippen LogP contribution is -1.92. The van der Waals surface area contributed by atoms with Crippen molar-refractivity contribution >= 4 is 17.7 Å². The second-order valence-electron chi connectivity index (χ2n) is 3.82. The van der Waals surface area contributed by atoms with Crippen molar-refractivity contribution in [2.75, 3.05) is 0 Å². The molecule has 0 bridgehead atoms. The molecule has 2 aromatic rings. The Morgan fingerprint density at radius 3 is 2.60 bits per heavy atom. The molecule has 1 N–H and O–H groups in total. The van der Waals surface area contributed by atoms with Crippen molar-refractivity contribution in [2.24, 2.45) is 0 Å². The molecule has 7 heteroatoms. The normalized spacial score (nSPS) is 10.6. The first-order valence-electron chi connectivity index (χ1n) is 5.54. The van der Waals surface area contributed by atoms with E-state index in [2.05, 4.69) is 9.97 Å². The molecule has 2 rings (SSSR count). The number of carboxylic acids is 1. The van der Waals surface area contributed by atoms with Crippen LogP contribution >= 0.6 is 0 Å². The van der Waals surface area contributed by atoms with Gasteiger partial charge in [0.1, 0.15) is 0 Å². The minimum Gasteiger partial charge on any atom is -0.478 e. The van der Waals surface area contributed by atoms with E-state index in [-0.39, 0.29) is 5.69 Å². The van der Waals surface area contributed by atoms with Gasteiger partial charge in [-0.2, -0.15) is 0 Å². The average molecular weight is 271 g/mol. The Balaban J connectivity index is 2.28. The molecule has 0 amide bonds. The number of benzene rings is 1. The highest BCUT2D eigenvalue weighted by Gasteiger charge is 2.08. The van der Waals surface area contributed by atoms with E-state index in [4.69, 9.17) is 5.11 Å². The number of nitro groups is 1. The van der Waals surface area contributed by atoms with E-state index in [1.54, 1.807) is 12.1 Å². The summed E-state index contributed by atoms with van der Waals surface area (Å²) in [5.74, 6) is -0.728. The van der Waals surface area contributed by atoms with Gasteiger partial charge < -0.3 is 5.11 Å². The molecule has 0 radical (unpaired) electrons. The summed E-state index contributed by atoms with van der Waals surface area (Å²) in [6.07, 6.45) is 5.23. The topological polar surface area (TPSA) is 106 Å². The Bertz CT molecular complexity index is 680. The fraction of sp³-hybridized carbons (Fsp3) is 0. The highest BCUT2D eigenvalue weighted by molar-refractivity contribution is 5.85. The average Bonchev–Trinajstić information content (AvgIpc) is 2.46. The molecule has 0 fully saturated rings. The van der Waals surface area contributed by atoms with Crippen molar-refractivity contribution in [3.8, 4) is 11.4 Å². The number of carbonyl (C=O) groups is 1. The Hall–Kier alpha value is -3.09. The van der Waals surface area contributed by atoms with E-state index in [1.807, 2.05) is 0 Å². The van der Waals surface area contributed by atoms with E-state index >= 15 is 0 Å². The molecule has 0 saturated carbocycles. The van der Waals surface area contributed by atoms with Gasteiger partial charge in [-0.1, -0.05) is 12.1 Å². The lowest BCUT2D eigenvalue weighted by molar-refractivity contribution is -0.384.